The molecule has 0 amide bonds. The first-order chi connectivity index (χ1) is 9.03. The van der Waals surface area contributed by atoms with Gasteiger partial charge in [-0.15, -0.1) is 0 Å². The predicted octanol–water partition coefficient (Wildman–Crippen LogP) is 1.70. The Hall–Kier alpha value is -1.98. The third kappa shape index (κ3) is 3.74. The van der Waals surface area contributed by atoms with E-state index in [-0.39, 0.29) is 24.0 Å². The number of nitrogens with zero attached hydrogens (tertiary/aromatic N) is 3. The van der Waals surface area contributed by atoms with Gasteiger partial charge in [0.2, 0.25) is 5.95 Å². The summed E-state index contributed by atoms with van der Waals surface area (Å²) >= 11 is 0. The number of carbonyl (C=O) groups is 2. The quantitative estimate of drug-likeness (QED) is 0.576. The summed E-state index contributed by atoms with van der Waals surface area (Å²) in [4.78, 5) is 32.8. The van der Waals surface area contributed by atoms with Crippen molar-refractivity contribution in [2.24, 2.45) is 0 Å². The van der Waals surface area contributed by atoms with Gasteiger partial charge in [0.05, 0.1) is 6.61 Å². The van der Waals surface area contributed by atoms with Crippen molar-refractivity contribution < 1.29 is 14.3 Å². The normalized spacial score (nSPS) is 10.4. The van der Waals surface area contributed by atoms with Crippen molar-refractivity contribution in [3.8, 4) is 0 Å². The van der Waals surface area contributed by atoms with Crippen LogP contribution in [0.1, 0.15) is 48.7 Å². The molecular formula is C13H19N3O3. The molecule has 19 heavy (non-hydrogen) atoms. The van der Waals surface area contributed by atoms with Crippen LogP contribution in [0.2, 0.25) is 0 Å². The summed E-state index contributed by atoms with van der Waals surface area (Å²) in [5, 5.41) is 0. The van der Waals surface area contributed by atoms with Crippen LogP contribution in [0.3, 0.4) is 0 Å². The Kier molecular flexibility index (Phi) is 5.41. The Labute approximate surface area is 112 Å². The topological polar surface area (TPSA) is 72.4 Å². The molecule has 1 aromatic rings. The van der Waals surface area contributed by atoms with Gasteiger partial charge < -0.3 is 9.64 Å². The van der Waals surface area contributed by atoms with E-state index in [9.17, 15) is 9.59 Å². The average molecular weight is 265 g/mol. The molecule has 0 unspecified atom stereocenters. The second-order valence-electron chi connectivity index (χ2n) is 4.20. The van der Waals surface area contributed by atoms with E-state index in [0.29, 0.717) is 18.8 Å². The van der Waals surface area contributed by atoms with Gasteiger partial charge in [0, 0.05) is 18.7 Å². The van der Waals surface area contributed by atoms with Gasteiger partial charge in [-0.1, -0.05) is 0 Å². The molecule has 1 aromatic heterocycles. The summed E-state index contributed by atoms with van der Waals surface area (Å²) in [6.07, 6.45) is 0.599. The molecule has 0 spiro atoms. The van der Waals surface area contributed by atoms with Gasteiger partial charge in [-0.05, 0) is 27.7 Å². The van der Waals surface area contributed by atoms with E-state index in [0.717, 1.165) is 0 Å². The van der Waals surface area contributed by atoms with Gasteiger partial charge in [-0.25, -0.2) is 14.8 Å². The Morgan fingerprint density at radius 2 is 2.11 bits per heavy atom. The second kappa shape index (κ2) is 6.82. The van der Waals surface area contributed by atoms with Crippen LogP contribution in [-0.2, 0) is 4.74 Å². The molecule has 0 aromatic carbocycles. The molecule has 0 atom stereocenters. The number of rotatable bonds is 6. The molecule has 0 saturated heterocycles. The van der Waals surface area contributed by atoms with E-state index in [2.05, 4.69) is 9.97 Å². The molecule has 0 aliphatic rings. The van der Waals surface area contributed by atoms with Gasteiger partial charge in [-0.2, -0.15) is 0 Å². The second-order valence-corrected chi connectivity index (χ2v) is 4.20. The molecule has 0 N–H and O–H groups in total. The molecular weight excluding hydrogens is 246 g/mol. The maximum absolute atomic E-state index is 11.7. The van der Waals surface area contributed by atoms with Gasteiger partial charge >= 0.3 is 5.97 Å². The highest BCUT2D eigenvalue weighted by Gasteiger charge is 2.17. The largest absolute Gasteiger partial charge is 0.461 e. The molecule has 0 fully saturated rings. The Morgan fingerprint density at radius 3 is 2.58 bits per heavy atom. The molecule has 0 bridgehead atoms. The zero-order valence-corrected chi connectivity index (χ0v) is 11.7. The Balaban J connectivity index is 3.21. The molecule has 0 aliphatic carbocycles. The van der Waals surface area contributed by atoms with Gasteiger partial charge in [0.1, 0.15) is 5.69 Å². The predicted molar refractivity (Wildman–Crippen MR) is 71.5 cm³/mol. The fourth-order valence-corrected chi connectivity index (χ4v) is 1.69. The fraction of sp³-hybridized carbons (Fsp3) is 0.538. The number of aromatic nitrogens is 2. The Morgan fingerprint density at radius 1 is 1.42 bits per heavy atom. The molecule has 0 aliphatic heterocycles. The maximum Gasteiger partial charge on any atom is 0.357 e. The lowest BCUT2D eigenvalue weighted by atomic mass is 10.3. The molecule has 0 radical (unpaired) electrons. The van der Waals surface area contributed by atoms with E-state index in [1.165, 1.54) is 6.07 Å². The molecule has 6 heteroatoms. The molecule has 6 nitrogen and oxygen atoms in total. The van der Waals surface area contributed by atoms with Crippen molar-refractivity contribution >= 4 is 18.2 Å². The van der Waals surface area contributed by atoms with Gasteiger partial charge in [-0.3, -0.25) is 4.79 Å². The monoisotopic (exact) mass is 265 g/mol. The lowest BCUT2D eigenvalue weighted by molar-refractivity contribution is 0.0519. The zero-order chi connectivity index (χ0) is 14.4. The van der Waals surface area contributed by atoms with Gasteiger partial charge in [0.15, 0.2) is 12.0 Å². The lowest BCUT2D eigenvalue weighted by Gasteiger charge is -2.25. The minimum atomic E-state index is -0.547. The molecule has 0 saturated carbocycles. The van der Waals surface area contributed by atoms with Crippen molar-refractivity contribution in [2.45, 2.75) is 33.7 Å². The Bertz CT molecular complexity index is 460. The van der Waals surface area contributed by atoms with Crippen molar-refractivity contribution in [3.63, 3.8) is 0 Å². The summed E-state index contributed by atoms with van der Waals surface area (Å²) in [6, 6.07) is 1.50. The van der Waals surface area contributed by atoms with Gasteiger partial charge in [0.25, 0.3) is 0 Å². The van der Waals surface area contributed by atoms with Crippen LogP contribution in [0.5, 0.6) is 0 Å². The van der Waals surface area contributed by atoms with E-state index in [1.807, 2.05) is 25.7 Å². The highest BCUT2D eigenvalue weighted by molar-refractivity contribution is 5.89. The summed E-state index contributed by atoms with van der Waals surface area (Å²) in [5.41, 5.74) is 0.278. The van der Waals surface area contributed by atoms with Crippen molar-refractivity contribution in [1.82, 2.24) is 9.97 Å². The first-order valence-electron chi connectivity index (χ1n) is 6.31. The zero-order valence-electron chi connectivity index (χ0n) is 11.7. The van der Waals surface area contributed by atoms with Crippen LogP contribution in [0.4, 0.5) is 5.95 Å². The number of hydrogen-bond acceptors (Lipinski definition) is 6. The number of ether oxygens (including phenoxy) is 1. The van der Waals surface area contributed by atoms with Crippen LogP contribution in [-0.4, -0.2) is 41.4 Å². The van der Waals surface area contributed by atoms with Crippen molar-refractivity contribution in [1.29, 1.82) is 0 Å². The third-order valence-electron chi connectivity index (χ3n) is 2.56. The van der Waals surface area contributed by atoms with Crippen LogP contribution >= 0.6 is 0 Å². The summed E-state index contributed by atoms with van der Waals surface area (Å²) < 4.78 is 4.89. The highest BCUT2D eigenvalue weighted by Crippen LogP contribution is 2.13. The third-order valence-corrected chi connectivity index (χ3v) is 2.56. The number of carbonyl (C=O) groups excluding carboxylic acids is 2. The molecule has 1 rings (SSSR count). The highest BCUT2D eigenvalue weighted by atomic mass is 16.5. The SMILES string of the molecule is CCOC(=O)c1cc(C=O)nc(N(CC)C(C)C)n1. The van der Waals surface area contributed by atoms with E-state index < -0.39 is 5.97 Å². The summed E-state index contributed by atoms with van der Waals surface area (Å²) in [5.74, 6) is -0.181. The maximum atomic E-state index is 11.7. The standard InChI is InChI=1S/C13H19N3O3/c1-5-16(9(3)4)13-14-10(8-17)7-11(15-13)12(18)19-6-2/h7-9H,5-6H2,1-4H3. The summed E-state index contributed by atoms with van der Waals surface area (Å²) in [7, 11) is 0. The van der Waals surface area contributed by atoms with E-state index in [1.54, 1.807) is 6.92 Å². The smallest absolute Gasteiger partial charge is 0.357 e. The first kappa shape index (κ1) is 15.1. The van der Waals surface area contributed by atoms with E-state index in [4.69, 9.17) is 4.74 Å². The summed E-state index contributed by atoms with van der Waals surface area (Å²) in [6.45, 7) is 8.60. The van der Waals surface area contributed by atoms with Crippen LogP contribution in [0, 0.1) is 0 Å². The first-order valence-corrected chi connectivity index (χ1v) is 6.31. The minimum Gasteiger partial charge on any atom is -0.461 e. The van der Waals surface area contributed by atoms with Crippen molar-refractivity contribution in [3.05, 3.63) is 17.5 Å². The number of hydrogen-bond donors (Lipinski definition) is 0. The van der Waals surface area contributed by atoms with Crippen LogP contribution < -0.4 is 4.90 Å². The average Bonchev–Trinajstić information content (AvgIpc) is 2.39. The molecule has 104 valence electrons. The van der Waals surface area contributed by atoms with E-state index >= 15 is 0 Å². The number of esters is 1. The van der Waals surface area contributed by atoms with Crippen LogP contribution in [0.25, 0.3) is 0 Å². The fourth-order valence-electron chi connectivity index (χ4n) is 1.69. The molecule has 1 heterocycles. The number of aldehydes is 1. The minimum absolute atomic E-state index is 0.105. The number of anilines is 1. The van der Waals surface area contributed by atoms with Crippen LogP contribution in [0.15, 0.2) is 6.07 Å². The van der Waals surface area contributed by atoms with Crippen molar-refractivity contribution in [2.75, 3.05) is 18.1 Å². The lowest BCUT2D eigenvalue weighted by Crippen LogP contribution is -2.32.